The van der Waals surface area contributed by atoms with Gasteiger partial charge < -0.3 is 15.8 Å². The number of nitrogens with two attached hydrogens (primary N) is 1. The molecular weight excluding hydrogens is 254 g/mol. The zero-order valence-corrected chi connectivity index (χ0v) is 12.0. The van der Waals surface area contributed by atoms with Crippen molar-refractivity contribution in [1.82, 2.24) is 10.2 Å². The molecule has 5 heteroatoms. The second-order valence-electron chi connectivity index (χ2n) is 5.13. The molecule has 20 heavy (non-hydrogen) atoms. The second kappa shape index (κ2) is 7.26. The third kappa shape index (κ3) is 4.21. The van der Waals surface area contributed by atoms with Gasteiger partial charge in [0, 0.05) is 30.9 Å². The third-order valence-electron chi connectivity index (χ3n) is 3.57. The first-order valence-electron chi connectivity index (χ1n) is 7.11. The van der Waals surface area contributed by atoms with E-state index in [0.717, 1.165) is 44.8 Å². The molecule has 1 aromatic rings. The summed E-state index contributed by atoms with van der Waals surface area (Å²) in [6.07, 6.45) is 0.958. The van der Waals surface area contributed by atoms with Crippen LogP contribution < -0.4 is 11.1 Å². The van der Waals surface area contributed by atoms with E-state index in [-0.39, 0.29) is 5.91 Å². The number of hydrogen-bond acceptors (Lipinski definition) is 4. The molecule has 1 aliphatic heterocycles. The van der Waals surface area contributed by atoms with Crippen LogP contribution in [0, 0.1) is 6.92 Å². The molecule has 0 bridgehead atoms. The maximum atomic E-state index is 12.0. The highest BCUT2D eigenvalue weighted by Gasteiger charge is 2.10. The molecule has 0 aliphatic carbocycles. The van der Waals surface area contributed by atoms with Crippen molar-refractivity contribution in [2.24, 2.45) is 0 Å². The Hall–Kier alpha value is -1.59. The van der Waals surface area contributed by atoms with Gasteiger partial charge in [-0.3, -0.25) is 9.69 Å². The number of anilines is 1. The Morgan fingerprint density at radius 1 is 1.40 bits per heavy atom. The quantitative estimate of drug-likeness (QED) is 0.623. The van der Waals surface area contributed by atoms with Gasteiger partial charge in [0.25, 0.3) is 5.91 Å². The Morgan fingerprint density at radius 3 is 2.85 bits per heavy atom. The zero-order valence-electron chi connectivity index (χ0n) is 12.0. The van der Waals surface area contributed by atoms with E-state index in [9.17, 15) is 4.79 Å². The van der Waals surface area contributed by atoms with E-state index in [1.807, 2.05) is 13.0 Å². The van der Waals surface area contributed by atoms with Crippen molar-refractivity contribution in [3.63, 3.8) is 0 Å². The number of nitrogens with zero attached hydrogens (tertiary/aromatic N) is 1. The molecule has 1 saturated heterocycles. The van der Waals surface area contributed by atoms with Crippen LogP contribution in [0.15, 0.2) is 18.2 Å². The molecule has 3 N–H and O–H groups in total. The molecule has 1 aromatic carbocycles. The van der Waals surface area contributed by atoms with Crippen molar-refractivity contribution in [2.75, 3.05) is 45.1 Å². The van der Waals surface area contributed by atoms with Crippen LogP contribution in [0.4, 0.5) is 5.69 Å². The topological polar surface area (TPSA) is 67.6 Å². The molecule has 0 spiro atoms. The van der Waals surface area contributed by atoms with E-state index in [1.54, 1.807) is 12.1 Å². The molecule has 0 aromatic heterocycles. The van der Waals surface area contributed by atoms with Crippen LogP contribution in [0.5, 0.6) is 0 Å². The van der Waals surface area contributed by atoms with Crippen LogP contribution >= 0.6 is 0 Å². The predicted molar refractivity (Wildman–Crippen MR) is 79.8 cm³/mol. The standard InChI is InChI=1S/C15H23N3O2/c1-12-11-13(3-4-14(12)16)15(19)17-5-2-6-18-7-9-20-10-8-18/h3-4,11H,2,5-10,16H2,1H3,(H,17,19). The van der Waals surface area contributed by atoms with Crippen LogP contribution in [0.25, 0.3) is 0 Å². The molecule has 1 fully saturated rings. The van der Waals surface area contributed by atoms with E-state index >= 15 is 0 Å². The lowest BCUT2D eigenvalue weighted by molar-refractivity contribution is 0.0374. The summed E-state index contributed by atoms with van der Waals surface area (Å²) in [5.74, 6) is -0.0323. The number of carbonyl (C=O) groups excluding carboxylic acids is 1. The molecule has 110 valence electrons. The number of nitrogen functional groups attached to an aromatic ring is 1. The number of rotatable bonds is 5. The summed E-state index contributed by atoms with van der Waals surface area (Å²) >= 11 is 0. The summed E-state index contributed by atoms with van der Waals surface area (Å²) in [4.78, 5) is 14.3. The first-order chi connectivity index (χ1) is 9.66. The van der Waals surface area contributed by atoms with Gasteiger partial charge in [0.1, 0.15) is 0 Å². The van der Waals surface area contributed by atoms with Crippen molar-refractivity contribution in [3.05, 3.63) is 29.3 Å². The van der Waals surface area contributed by atoms with Crippen molar-refractivity contribution in [3.8, 4) is 0 Å². The average molecular weight is 277 g/mol. The SMILES string of the molecule is Cc1cc(C(=O)NCCCN2CCOCC2)ccc1N. The van der Waals surface area contributed by atoms with Gasteiger partial charge in [-0.2, -0.15) is 0 Å². The number of amides is 1. The molecule has 1 heterocycles. The highest BCUT2D eigenvalue weighted by atomic mass is 16.5. The number of aryl methyl sites for hydroxylation is 1. The third-order valence-corrected chi connectivity index (χ3v) is 3.57. The Balaban J connectivity index is 1.70. The number of benzene rings is 1. The highest BCUT2D eigenvalue weighted by Crippen LogP contribution is 2.12. The van der Waals surface area contributed by atoms with E-state index in [1.165, 1.54) is 0 Å². The lowest BCUT2D eigenvalue weighted by atomic mass is 10.1. The number of carbonyl (C=O) groups is 1. The van der Waals surface area contributed by atoms with Gasteiger partial charge in [-0.15, -0.1) is 0 Å². The summed E-state index contributed by atoms with van der Waals surface area (Å²) in [5, 5.41) is 2.95. The zero-order chi connectivity index (χ0) is 14.4. The number of hydrogen-bond donors (Lipinski definition) is 2. The van der Waals surface area contributed by atoms with Crippen LogP contribution in [0.1, 0.15) is 22.3 Å². The molecule has 0 saturated carbocycles. The van der Waals surface area contributed by atoms with Crippen LogP contribution in [0.2, 0.25) is 0 Å². The van der Waals surface area contributed by atoms with Crippen molar-refractivity contribution >= 4 is 11.6 Å². The molecule has 5 nitrogen and oxygen atoms in total. The van der Waals surface area contributed by atoms with Gasteiger partial charge in [-0.1, -0.05) is 0 Å². The number of nitrogens with one attached hydrogen (secondary N) is 1. The van der Waals surface area contributed by atoms with Crippen LogP contribution in [-0.2, 0) is 4.74 Å². The van der Waals surface area contributed by atoms with Gasteiger partial charge in [0.05, 0.1) is 13.2 Å². The summed E-state index contributed by atoms with van der Waals surface area (Å²) < 4.78 is 5.30. The minimum atomic E-state index is -0.0323. The summed E-state index contributed by atoms with van der Waals surface area (Å²) in [5.41, 5.74) is 8.07. The molecular formula is C15H23N3O2. The molecule has 0 atom stereocenters. The summed E-state index contributed by atoms with van der Waals surface area (Å²) in [6.45, 7) is 7.22. The Kier molecular flexibility index (Phi) is 5.38. The van der Waals surface area contributed by atoms with Gasteiger partial charge >= 0.3 is 0 Å². The van der Waals surface area contributed by atoms with Gasteiger partial charge in [-0.25, -0.2) is 0 Å². The lowest BCUT2D eigenvalue weighted by Crippen LogP contribution is -2.38. The van der Waals surface area contributed by atoms with E-state index in [2.05, 4.69) is 10.2 Å². The van der Waals surface area contributed by atoms with Gasteiger partial charge in [0.15, 0.2) is 0 Å². The van der Waals surface area contributed by atoms with Crippen molar-refractivity contribution in [1.29, 1.82) is 0 Å². The Morgan fingerprint density at radius 2 is 2.15 bits per heavy atom. The molecule has 2 rings (SSSR count). The summed E-state index contributed by atoms with van der Waals surface area (Å²) in [7, 11) is 0. The van der Waals surface area contributed by atoms with E-state index < -0.39 is 0 Å². The Labute approximate surface area is 120 Å². The average Bonchev–Trinajstić information content (AvgIpc) is 2.47. The fraction of sp³-hybridized carbons (Fsp3) is 0.533. The molecule has 0 radical (unpaired) electrons. The first kappa shape index (κ1) is 14.8. The summed E-state index contributed by atoms with van der Waals surface area (Å²) in [6, 6.07) is 5.37. The molecule has 1 aliphatic rings. The largest absolute Gasteiger partial charge is 0.399 e. The fourth-order valence-electron chi connectivity index (χ4n) is 2.25. The van der Waals surface area contributed by atoms with Crippen LogP contribution in [-0.4, -0.2) is 50.2 Å². The maximum absolute atomic E-state index is 12.0. The monoisotopic (exact) mass is 277 g/mol. The fourth-order valence-corrected chi connectivity index (χ4v) is 2.25. The van der Waals surface area contributed by atoms with E-state index in [0.29, 0.717) is 17.8 Å². The van der Waals surface area contributed by atoms with Gasteiger partial charge in [-0.05, 0) is 43.7 Å². The van der Waals surface area contributed by atoms with E-state index in [4.69, 9.17) is 10.5 Å². The lowest BCUT2D eigenvalue weighted by Gasteiger charge is -2.26. The highest BCUT2D eigenvalue weighted by molar-refractivity contribution is 5.94. The first-order valence-corrected chi connectivity index (χ1v) is 7.11. The predicted octanol–water partition coefficient (Wildman–Crippen LogP) is 1.03. The maximum Gasteiger partial charge on any atom is 0.251 e. The Bertz CT molecular complexity index is 456. The number of morpholine rings is 1. The molecule has 1 amide bonds. The van der Waals surface area contributed by atoms with Gasteiger partial charge in [0.2, 0.25) is 0 Å². The van der Waals surface area contributed by atoms with Crippen molar-refractivity contribution < 1.29 is 9.53 Å². The minimum absolute atomic E-state index is 0.0323. The van der Waals surface area contributed by atoms with Crippen LogP contribution in [0.3, 0.4) is 0 Å². The number of ether oxygens (including phenoxy) is 1. The van der Waals surface area contributed by atoms with Crippen molar-refractivity contribution in [2.45, 2.75) is 13.3 Å². The second-order valence-corrected chi connectivity index (χ2v) is 5.13. The smallest absolute Gasteiger partial charge is 0.251 e. The molecule has 0 unspecified atom stereocenters. The minimum Gasteiger partial charge on any atom is -0.399 e. The normalized spacial score (nSPS) is 16.1.